The van der Waals surface area contributed by atoms with Gasteiger partial charge < -0.3 is 9.64 Å². The number of halogens is 3. The van der Waals surface area contributed by atoms with Crippen LogP contribution in [-0.4, -0.2) is 56.1 Å². The van der Waals surface area contributed by atoms with Crippen LogP contribution in [0.25, 0.3) is 11.0 Å². The van der Waals surface area contributed by atoms with Gasteiger partial charge in [0.15, 0.2) is 6.61 Å². The van der Waals surface area contributed by atoms with Crippen LogP contribution >= 0.6 is 0 Å². The molecule has 0 aliphatic rings. The Labute approximate surface area is 179 Å². The summed E-state index contributed by atoms with van der Waals surface area (Å²) in [7, 11) is -0.171. The van der Waals surface area contributed by atoms with Crippen LogP contribution in [-0.2, 0) is 16.6 Å². The summed E-state index contributed by atoms with van der Waals surface area (Å²) in [6.45, 7) is 2.36. The average molecular weight is 454 g/mol. The molecule has 0 spiro atoms. The number of carbonyl (C=O) groups excluding carboxylic acids is 1. The predicted octanol–water partition coefficient (Wildman–Crippen LogP) is 3.91. The molecule has 1 amide bonds. The molecule has 3 aromatic rings. The van der Waals surface area contributed by atoms with Gasteiger partial charge in [-0.25, -0.2) is 14.3 Å². The maximum Gasteiger partial charge on any atom is 0.422 e. The fourth-order valence-electron chi connectivity index (χ4n) is 2.86. The first-order valence-corrected chi connectivity index (χ1v) is 10.7. The van der Waals surface area contributed by atoms with Crippen LogP contribution in [0.15, 0.2) is 41.7 Å². The molecule has 11 heteroatoms. The van der Waals surface area contributed by atoms with E-state index in [-0.39, 0.29) is 22.7 Å². The minimum atomic E-state index is -4.48. The van der Waals surface area contributed by atoms with Crippen molar-refractivity contribution in [3.63, 3.8) is 0 Å². The first kappa shape index (κ1) is 22.7. The van der Waals surface area contributed by atoms with Gasteiger partial charge in [0.05, 0.1) is 33.3 Å². The molecule has 0 radical (unpaired) electrons. The molecule has 2 aromatic heterocycles. The SMILES string of the molecule is CCN(C)C(=O)n1c(S(=O)Cc2nccc(OCC(F)(F)F)c2C)nc2ccccc21. The lowest BCUT2D eigenvalue weighted by molar-refractivity contribution is -0.153. The van der Waals surface area contributed by atoms with Crippen LogP contribution in [0, 0.1) is 6.92 Å². The van der Waals surface area contributed by atoms with Crippen LogP contribution in [0.2, 0.25) is 0 Å². The van der Waals surface area contributed by atoms with E-state index >= 15 is 0 Å². The van der Waals surface area contributed by atoms with Gasteiger partial charge in [-0.2, -0.15) is 13.2 Å². The Kier molecular flexibility index (Phi) is 6.63. The number of aromatic nitrogens is 3. The van der Waals surface area contributed by atoms with Crippen molar-refractivity contribution in [2.24, 2.45) is 0 Å². The molecular formula is C20H21F3N4O3S. The highest BCUT2D eigenvalue weighted by Gasteiger charge is 2.29. The molecule has 0 bridgehead atoms. The number of nitrogens with zero attached hydrogens (tertiary/aromatic N) is 4. The van der Waals surface area contributed by atoms with E-state index in [4.69, 9.17) is 4.74 Å². The van der Waals surface area contributed by atoms with Crippen molar-refractivity contribution in [1.29, 1.82) is 0 Å². The molecule has 3 rings (SSSR count). The van der Waals surface area contributed by atoms with Crippen molar-refractivity contribution in [3.8, 4) is 5.75 Å². The van der Waals surface area contributed by atoms with E-state index < -0.39 is 23.6 Å². The number of fused-ring (bicyclic) bond motifs is 1. The number of rotatable bonds is 6. The number of amides is 1. The fraction of sp³-hybridized carbons (Fsp3) is 0.350. The van der Waals surface area contributed by atoms with E-state index in [2.05, 4.69) is 9.97 Å². The minimum absolute atomic E-state index is 0.00891. The van der Waals surface area contributed by atoms with Crippen molar-refractivity contribution >= 4 is 27.9 Å². The Bertz CT molecular complexity index is 1130. The fourth-order valence-corrected chi connectivity index (χ4v) is 4.11. The van der Waals surface area contributed by atoms with Gasteiger partial charge in [-0.15, -0.1) is 0 Å². The summed E-state index contributed by atoms with van der Waals surface area (Å²) in [5.74, 6) is -0.129. The largest absolute Gasteiger partial charge is 0.484 e. The first-order valence-electron chi connectivity index (χ1n) is 9.37. The zero-order valence-corrected chi connectivity index (χ0v) is 18.0. The third kappa shape index (κ3) is 5.04. The number of para-hydroxylation sites is 2. The second kappa shape index (κ2) is 9.04. The molecule has 0 aliphatic carbocycles. The summed E-state index contributed by atoms with van der Waals surface area (Å²) in [5, 5.41) is 0.0503. The number of hydrogen-bond donors (Lipinski definition) is 0. The van der Waals surface area contributed by atoms with Gasteiger partial charge in [0.1, 0.15) is 5.75 Å². The number of carbonyl (C=O) groups is 1. The lowest BCUT2D eigenvalue weighted by atomic mass is 10.2. The van der Waals surface area contributed by atoms with Crippen molar-refractivity contribution in [3.05, 3.63) is 47.8 Å². The molecule has 0 fully saturated rings. The standard InChI is InChI=1S/C20H21F3N4O3S/c1-4-26(3)19(28)27-16-8-6-5-7-14(16)25-18(27)31(29)11-15-13(2)17(9-10-24-15)30-12-20(21,22)23/h5-10H,4,11-12H2,1-3H3. The average Bonchev–Trinajstić information content (AvgIpc) is 3.12. The number of ether oxygens (including phenoxy) is 1. The molecule has 1 unspecified atom stereocenters. The second-order valence-corrected chi connectivity index (χ2v) is 8.13. The Hall–Kier alpha value is -2.95. The third-order valence-electron chi connectivity index (χ3n) is 4.64. The molecule has 31 heavy (non-hydrogen) atoms. The molecular weight excluding hydrogens is 433 g/mol. The monoisotopic (exact) mass is 454 g/mol. The molecule has 0 aliphatic heterocycles. The second-order valence-electron chi connectivity index (χ2n) is 6.79. The van der Waals surface area contributed by atoms with Gasteiger partial charge in [0.2, 0.25) is 5.16 Å². The van der Waals surface area contributed by atoms with E-state index in [1.807, 2.05) is 6.92 Å². The predicted molar refractivity (Wildman–Crippen MR) is 109 cm³/mol. The molecule has 166 valence electrons. The quantitative estimate of drug-likeness (QED) is 0.565. The van der Waals surface area contributed by atoms with Crippen LogP contribution in [0.4, 0.5) is 18.0 Å². The van der Waals surface area contributed by atoms with Crippen molar-refractivity contribution in [2.45, 2.75) is 30.9 Å². The van der Waals surface area contributed by atoms with Gasteiger partial charge in [-0.1, -0.05) is 12.1 Å². The lowest BCUT2D eigenvalue weighted by Gasteiger charge is -2.17. The maximum absolute atomic E-state index is 13.2. The molecule has 0 N–H and O–H groups in total. The Balaban J connectivity index is 1.95. The summed E-state index contributed by atoms with van der Waals surface area (Å²) >= 11 is 0. The van der Waals surface area contributed by atoms with Gasteiger partial charge >= 0.3 is 12.2 Å². The molecule has 0 saturated heterocycles. The summed E-state index contributed by atoms with van der Waals surface area (Å²) in [4.78, 5) is 22.9. The van der Waals surface area contributed by atoms with Crippen molar-refractivity contribution < 1.29 is 26.9 Å². The van der Waals surface area contributed by atoms with Crippen LogP contribution in [0.5, 0.6) is 5.75 Å². The number of pyridine rings is 1. The van der Waals surface area contributed by atoms with Crippen LogP contribution in [0.3, 0.4) is 0 Å². The summed E-state index contributed by atoms with van der Waals surface area (Å²) < 4.78 is 56.8. The highest BCUT2D eigenvalue weighted by molar-refractivity contribution is 7.84. The molecule has 2 heterocycles. The summed E-state index contributed by atoms with van der Waals surface area (Å²) in [6, 6.07) is 7.86. The topological polar surface area (TPSA) is 77.3 Å². The smallest absolute Gasteiger partial charge is 0.422 e. The zero-order chi connectivity index (χ0) is 22.8. The number of alkyl halides is 3. The maximum atomic E-state index is 13.2. The minimum Gasteiger partial charge on any atom is -0.484 e. The van der Waals surface area contributed by atoms with E-state index in [0.717, 1.165) is 0 Å². The third-order valence-corrected chi connectivity index (χ3v) is 5.86. The van der Waals surface area contributed by atoms with Crippen molar-refractivity contribution in [1.82, 2.24) is 19.4 Å². The number of hydrogen-bond acceptors (Lipinski definition) is 5. The van der Waals surface area contributed by atoms with E-state index in [1.165, 1.54) is 21.7 Å². The zero-order valence-electron chi connectivity index (χ0n) is 17.1. The van der Waals surface area contributed by atoms with Gasteiger partial charge in [0.25, 0.3) is 0 Å². The Morgan fingerprint density at radius 3 is 2.65 bits per heavy atom. The number of imidazole rings is 1. The van der Waals surface area contributed by atoms with E-state index in [0.29, 0.717) is 28.8 Å². The number of benzene rings is 1. The highest BCUT2D eigenvalue weighted by Crippen LogP contribution is 2.26. The summed E-state index contributed by atoms with van der Waals surface area (Å²) in [6.07, 6.45) is -3.18. The summed E-state index contributed by atoms with van der Waals surface area (Å²) in [5.41, 5.74) is 1.67. The Morgan fingerprint density at radius 2 is 1.97 bits per heavy atom. The lowest BCUT2D eigenvalue weighted by Crippen LogP contribution is -2.32. The van der Waals surface area contributed by atoms with Crippen molar-refractivity contribution in [2.75, 3.05) is 20.2 Å². The first-order chi connectivity index (χ1) is 14.6. The van der Waals surface area contributed by atoms with Crippen LogP contribution < -0.4 is 4.74 Å². The van der Waals surface area contributed by atoms with Gasteiger partial charge in [-0.3, -0.25) is 9.19 Å². The normalized spacial score (nSPS) is 12.7. The molecule has 1 atom stereocenters. The van der Waals surface area contributed by atoms with Crippen LogP contribution in [0.1, 0.15) is 18.2 Å². The highest BCUT2D eigenvalue weighted by atomic mass is 32.2. The van der Waals surface area contributed by atoms with Gasteiger partial charge in [-0.05, 0) is 32.0 Å². The van der Waals surface area contributed by atoms with Gasteiger partial charge in [0, 0.05) is 25.4 Å². The van der Waals surface area contributed by atoms with E-state index in [9.17, 15) is 22.2 Å². The molecule has 7 nitrogen and oxygen atoms in total. The molecule has 1 aromatic carbocycles. The van der Waals surface area contributed by atoms with E-state index in [1.54, 1.807) is 38.2 Å². The molecule has 0 saturated carbocycles. The Morgan fingerprint density at radius 1 is 1.26 bits per heavy atom.